The van der Waals surface area contributed by atoms with Gasteiger partial charge in [-0.05, 0) is 25.1 Å². The standard InChI is InChI=1S/C12H16FN3O/c1-2-16(7-10-8-17-12(14)15-10)11-5-3-4-9(13)6-11/h3-6,10H,2,7-8H2,1H3,(H2,14,15)/t10-/m0/s1. The van der Waals surface area contributed by atoms with Gasteiger partial charge in [-0.1, -0.05) is 6.07 Å². The topological polar surface area (TPSA) is 50.9 Å². The fourth-order valence-electron chi connectivity index (χ4n) is 1.87. The summed E-state index contributed by atoms with van der Waals surface area (Å²) in [6.07, 6.45) is 0. The monoisotopic (exact) mass is 237 g/mol. The highest BCUT2D eigenvalue weighted by Crippen LogP contribution is 2.17. The number of benzene rings is 1. The summed E-state index contributed by atoms with van der Waals surface area (Å²) in [4.78, 5) is 6.22. The summed E-state index contributed by atoms with van der Waals surface area (Å²) in [7, 11) is 0. The van der Waals surface area contributed by atoms with Crippen LogP contribution in [0.1, 0.15) is 6.92 Å². The van der Waals surface area contributed by atoms with Gasteiger partial charge < -0.3 is 15.4 Å². The van der Waals surface area contributed by atoms with Gasteiger partial charge in [-0.2, -0.15) is 0 Å². The molecular formula is C12H16FN3O. The van der Waals surface area contributed by atoms with Gasteiger partial charge in [0.1, 0.15) is 18.5 Å². The first-order chi connectivity index (χ1) is 8.19. The van der Waals surface area contributed by atoms with Crippen LogP contribution in [0.25, 0.3) is 0 Å². The molecule has 2 rings (SSSR count). The number of hydrogen-bond acceptors (Lipinski definition) is 4. The average molecular weight is 237 g/mol. The largest absolute Gasteiger partial charge is 0.463 e. The van der Waals surface area contributed by atoms with Crippen LogP contribution in [0.15, 0.2) is 29.3 Å². The lowest BCUT2D eigenvalue weighted by Gasteiger charge is -2.24. The van der Waals surface area contributed by atoms with Crippen LogP contribution in [0.4, 0.5) is 10.1 Å². The maximum absolute atomic E-state index is 13.1. The van der Waals surface area contributed by atoms with E-state index >= 15 is 0 Å². The minimum atomic E-state index is -0.230. The fourth-order valence-corrected chi connectivity index (χ4v) is 1.87. The van der Waals surface area contributed by atoms with Gasteiger partial charge in [0.2, 0.25) is 0 Å². The number of likely N-dealkylation sites (N-methyl/N-ethyl adjacent to an activating group) is 1. The quantitative estimate of drug-likeness (QED) is 0.860. The van der Waals surface area contributed by atoms with E-state index in [-0.39, 0.29) is 17.9 Å². The van der Waals surface area contributed by atoms with Crippen molar-refractivity contribution in [1.29, 1.82) is 0 Å². The fraction of sp³-hybridized carbons (Fsp3) is 0.417. The van der Waals surface area contributed by atoms with Crippen LogP contribution in [0.3, 0.4) is 0 Å². The first-order valence-electron chi connectivity index (χ1n) is 5.65. The minimum absolute atomic E-state index is 0.0261. The van der Waals surface area contributed by atoms with E-state index in [1.165, 1.54) is 12.1 Å². The highest BCUT2D eigenvalue weighted by Gasteiger charge is 2.19. The molecule has 92 valence electrons. The molecule has 0 fully saturated rings. The number of rotatable bonds is 4. The molecule has 17 heavy (non-hydrogen) atoms. The highest BCUT2D eigenvalue weighted by molar-refractivity contribution is 5.73. The van der Waals surface area contributed by atoms with Crippen LogP contribution >= 0.6 is 0 Å². The molecule has 0 aliphatic carbocycles. The third kappa shape index (κ3) is 2.87. The van der Waals surface area contributed by atoms with Crippen LogP contribution < -0.4 is 10.6 Å². The van der Waals surface area contributed by atoms with E-state index in [9.17, 15) is 4.39 Å². The smallest absolute Gasteiger partial charge is 0.282 e. The zero-order chi connectivity index (χ0) is 12.3. The van der Waals surface area contributed by atoms with Gasteiger partial charge in [-0.3, -0.25) is 0 Å². The van der Waals surface area contributed by atoms with Crippen LogP contribution in [0, 0.1) is 5.82 Å². The maximum atomic E-state index is 13.1. The zero-order valence-electron chi connectivity index (χ0n) is 9.77. The molecule has 4 nitrogen and oxygen atoms in total. The van der Waals surface area contributed by atoms with E-state index < -0.39 is 0 Å². The third-order valence-corrected chi connectivity index (χ3v) is 2.72. The summed E-state index contributed by atoms with van der Waals surface area (Å²) in [5.74, 6) is -0.230. The van der Waals surface area contributed by atoms with Crippen LogP contribution in [0.2, 0.25) is 0 Å². The lowest BCUT2D eigenvalue weighted by atomic mass is 10.2. The van der Waals surface area contributed by atoms with E-state index in [4.69, 9.17) is 10.5 Å². The Morgan fingerprint density at radius 3 is 3.00 bits per heavy atom. The van der Waals surface area contributed by atoms with Crippen molar-refractivity contribution in [2.24, 2.45) is 10.7 Å². The van der Waals surface area contributed by atoms with Crippen molar-refractivity contribution in [2.75, 3.05) is 24.6 Å². The molecule has 2 N–H and O–H groups in total. The summed E-state index contributed by atoms with van der Waals surface area (Å²) >= 11 is 0. The van der Waals surface area contributed by atoms with E-state index in [0.29, 0.717) is 13.2 Å². The zero-order valence-corrected chi connectivity index (χ0v) is 9.77. The minimum Gasteiger partial charge on any atom is -0.463 e. The van der Waals surface area contributed by atoms with Crippen molar-refractivity contribution < 1.29 is 9.13 Å². The molecule has 0 aromatic heterocycles. The van der Waals surface area contributed by atoms with Crippen molar-refractivity contribution in [3.8, 4) is 0 Å². The molecule has 0 spiro atoms. The summed E-state index contributed by atoms with van der Waals surface area (Å²) < 4.78 is 18.2. The van der Waals surface area contributed by atoms with Crippen molar-refractivity contribution in [3.63, 3.8) is 0 Å². The Hall–Kier alpha value is -1.78. The molecule has 1 atom stereocenters. The Morgan fingerprint density at radius 1 is 1.59 bits per heavy atom. The van der Waals surface area contributed by atoms with E-state index in [1.54, 1.807) is 6.07 Å². The molecule has 0 unspecified atom stereocenters. The highest BCUT2D eigenvalue weighted by atomic mass is 19.1. The molecule has 0 bridgehead atoms. The van der Waals surface area contributed by atoms with E-state index in [1.807, 2.05) is 13.0 Å². The number of nitrogens with zero attached hydrogens (tertiary/aromatic N) is 2. The molecule has 0 radical (unpaired) electrons. The molecule has 0 saturated carbocycles. The predicted octanol–water partition coefficient (Wildman–Crippen LogP) is 1.37. The second kappa shape index (κ2) is 5.03. The van der Waals surface area contributed by atoms with Gasteiger partial charge in [0.15, 0.2) is 0 Å². The summed E-state index contributed by atoms with van der Waals surface area (Å²) in [6.45, 7) is 3.99. The van der Waals surface area contributed by atoms with Crippen molar-refractivity contribution in [3.05, 3.63) is 30.1 Å². The Bertz CT molecular complexity index is 422. The summed E-state index contributed by atoms with van der Waals surface area (Å²) in [6, 6.07) is 6.81. The molecule has 0 saturated heterocycles. The lowest BCUT2D eigenvalue weighted by Crippen LogP contribution is -2.32. The number of amidine groups is 1. The normalized spacial score (nSPS) is 18.7. The number of aliphatic imine (C=N–C) groups is 1. The van der Waals surface area contributed by atoms with Gasteiger partial charge >= 0.3 is 0 Å². The number of hydrogen-bond donors (Lipinski definition) is 1. The van der Waals surface area contributed by atoms with Crippen LogP contribution in [0.5, 0.6) is 0 Å². The van der Waals surface area contributed by atoms with Crippen molar-refractivity contribution in [2.45, 2.75) is 13.0 Å². The lowest BCUT2D eigenvalue weighted by molar-refractivity contribution is 0.313. The van der Waals surface area contributed by atoms with E-state index in [0.717, 1.165) is 12.2 Å². The van der Waals surface area contributed by atoms with Gasteiger partial charge in [-0.15, -0.1) is 0 Å². The van der Waals surface area contributed by atoms with Gasteiger partial charge in [0.25, 0.3) is 6.02 Å². The third-order valence-electron chi connectivity index (χ3n) is 2.72. The molecule has 1 aliphatic heterocycles. The van der Waals surface area contributed by atoms with E-state index in [2.05, 4.69) is 9.89 Å². The Kier molecular flexibility index (Phi) is 3.46. The van der Waals surface area contributed by atoms with Gasteiger partial charge in [0, 0.05) is 18.8 Å². The maximum Gasteiger partial charge on any atom is 0.282 e. The molecule has 1 aromatic rings. The van der Waals surface area contributed by atoms with Crippen molar-refractivity contribution >= 4 is 11.7 Å². The second-order valence-electron chi connectivity index (χ2n) is 3.95. The molecule has 1 aromatic carbocycles. The molecule has 0 amide bonds. The SMILES string of the molecule is CCN(C[C@H]1COC(N)=N1)c1cccc(F)c1. The molecule has 1 aliphatic rings. The van der Waals surface area contributed by atoms with Crippen LogP contribution in [-0.4, -0.2) is 31.8 Å². The second-order valence-corrected chi connectivity index (χ2v) is 3.95. The molecular weight excluding hydrogens is 221 g/mol. The first kappa shape index (κ1) is 11.7. The number of halogens is 1. The van der Waals surface area contributed by atoms with Gasteiger partial charge in [-0.25, -0.2) is 9.38 Å². The first-order valence-corrected chi connectivity index (χ1v) is 5.65. The van der Waals surface area contributed by atoms with Crippen LogP contribution in [-0.2, 0) is 4.74 Å². The van der Waals surface area contributed by atoms with Gasteiger partial charge in [0.05, 0.1) is 0 Å². The molecule has 1 heterocycles. The average Bonchev–Trinajstić information content (AvgIpc) is 2.72. The summed E-state index contributed by atoms with van der Waals surface area (Å²) in [5.41, 5.74) is 6.31. The van der Waals surface area contributed by atoms with Crippen molar-refractivity contribution in [1.82, 2.24) is 0 Å². The predicted molar refractivity (Wildman–Crippen MR) is 65.6 cm³/mol. The number of anilines is 1. The number of ether oxygens (including phenoxy) is 1. The number of nitrogens with two attached hydrogens (primary N) is 1. The Balaban J connectivity index is 2.06. The Morgan fingerprint density at radius 2 is 2.41 bits per heavy atom. The Labute approximate surface area is 99.9 Å². The summed E-state index contributed by atoms with van der Waals surface area (Å²) in [5, 5.41) is 0. The molecule has 5 heteroatoms.